The first-order valence-electron chi connectivity index (χ1n) is 8.13. The molecule has 4 rings (SSSR count). The van der Waals surface area contributed by atoms with Crippen molar-refractivity contribution in [2.45, 2.75) is 27.2 Å². The maximum absolute atomic E-state index is 6.22. The molecule has 5 heteroatoms. The van der Waals surface area contributed by atoms with E-state index in [9.17, 15) is 0 Å². The molecule has 2 N–H and O–H groups in total. The molecule has 0 spiro atoms. The normalized spacial score (nSPS) is 12.9. The van der Waals surface area contributed by atoms with E-state index in [4.69, 9.17) is 10.2 Å². The van der Waals surface area contributed by atoms with Crippen molar-refractivity contribution in [1.82, 2.24) is 9.97 Å². The molecule has 0 radical (unpaired) electrons. The summed E-state index contributed by atoms with van der Waals surface area (Å²) >= 11 is 1.53. The highest BCUT2D eigenvalue weighted by Gasteiger charge is 2.18. The van der Waals surface area contributed by atoms with E-state index < -0.39 is 0 Å². The number of aryl methyl sites for hydroxylation is 2. The molecule has 0 fully saturated rings. The van der Waals surface area contributed by atoms with Gasteiger partial charge in [-0.15, -0.1) is 11.3 Å². The highest BCUT2D eigenvalue weighted by Crippen LogP contribution is 2.41. The molecule has 0 unspecified atom stereocenters. The van der Waals surface area contributed by atoms with Crippen LogP contribution in [0.4, 0.5) is 5.69 Å². The monoisotopic (exact) mass is 351 g/mol. The van der Waals surface area contributed by atoms with E-state index in [-0.39, 0.29) is 0 Å². The van der Waals surface area contributed by atoms with Gasteiger partial charge in [-0.25, -0.2) is 9.97 Å². The molecule has 0 bridgehead atoms. The molecular weight excluding hydrogens is 330 g/mol. The van der Waals surface area contributed by atoms with Crippen LogP contribution in [0.3, 0.4) is 0 Å². The molecule has 0 saturated heterocycles. The Balaban J connectivity index is 0.000000219. The van der Waals surface area contributed by atoms with Crippen LogP contribution in [0.15, 0.2) is 53.3 Å². The van der Waals surface area contributed by atoms with Crippen LogP contribution in [0.1, 0.15) is 23.2 Å². The molecule has 3 aromatic rings. The Morgan fingerprint density at radius 3 is 2.40 bits per heavy atom. The van der Waals surface area contributed by atoms with Crippen LogP contribution < -0.4 is 5.73 Å². The van der Waals surface area contributed by atoms with Crippen LogP contribution in [-0.4, -0.2) is 9.97 Å². The average Bonchev–Trinajstić information content (AvgIpc) is 3.12. The van der Waals surface area contributed by atoms with Gasteiger partial charge in [-0.1, -0.05) is 36.5 Å². The Bertz CT molecular complexity index is 949. The molecule has 1 aliphatic rings. The van der Waals surface area contributed by atoms with E-state index in [1.807, 2.05) is 19.1 Å². The number of thiophene rings is 1. The molecule has 0 aliphatic heterocycles. The number of nitrogens with two attached hydrogens (primary N) is 1. The molecule has 25 heavy (non-hydrogen) atoms. The summed E-state index contributed by atoms with van der Waals surface area (Å²) in [7, 11) is 0. The standard InChI is InChI=1S/C13H13N3OS.C7H8/c1-6-7(2)9-10(14)11(12-15-4-5-17-12)18-13(9)16-8(6)3;1-2-4-6-7-5-3-1/h4-5H,14H2,1-3H3;1-6H,7H2. The van der Waals surface area contributed by atoms with Crippen molar-refractivity contribution in [3.05, 3.63) is 65.7 Å². The van der Waals surface area contributed by atoms with Gasteiger partial charge >= 0.3 is 0 Å². The van der Waals surface area contributed by atoms with Gasteiger partial charge in [-0.2, -0.15) is 0 Å². The number of pyridine rings is 1. The number of hydrogen-bond donors (Lipinski definition) is 1. The fraction of sp³-hybridized carbons (Fsp3) is 0.200. The zero-order valence-electron chi connectivity index (χ0n) is 14.6. The Morgan fingerprint density at radius 1 is 1.04 bits per heavy atom. The number of nitrogen functional groups attached to an aromatic ring is 1. The predicted octanol–water partition coefficient (Wildman–Crippen LogP) is 5.52. The Kier molecular flexibility index (Phi) is 5.14. The van der Waals surface area contributed by atoms with Gasteiger partial charge in [0.25, 0.3) is 0 Å². The Labute approximate surface area is 151 Å². The van der Waals surface area contributed by atoms with Crippen LogP contribution in [0.25, 0.3) is 21.0 Å². The van der Waals surface area contributed by atoms with E-state index in [0.717, 1.165) is 27.2 Å². The second-order valence-corrected chi connectivity index (χ2v) is 6.79. The van der Waals surface area contributed by atoms with Gasteiger partial charge in [0.2, 0.25) is 5.89 Å². The quantitative estimate of drug-likeness (QED) is 0.627. The van der Waals surface area contributed by atoms with Gasteiger partial charge in [0.15, 0.2) is 0 Å². The third-order valence-electron chi connectivity index (χ3n) is 4.18. The zero-order valence-corrected chi connectivity index (χ0v) is 15.4. The van der Waals surface area contributed by atoms with Gasteiger partial charge in [0.05, 0.1) is 11.9 Å². The van der Waals surface area contributed by atoms with Crippen molar-refractivity contribution < 1.29 is 4.42 Å². The molecule has 128 valence electrons. The van der Waals surface area contributed by atoms with Gasteiger partial charge in [-0.05, 0) is 38.3 Å². The molecule has 4 nitrogen and oxygen atoms in total. The minimum atomic E-state index is 0.560. The number of oxazole rings is 1. The third-order valence-corrected chi connectivity index (χ3v) is 5.27. The second kappa shape index (κ2) is 7.49. The van der Waals surface area contributed by atoms with Gasteiger partial charge in [0.1, 0.15) is 16.0 Å². The lowest BCUT2D eigenvalue weighted by atomic mass is 10.1. The summed E-state index contributed by atoms with van der Waals surface area (Å²) in [5.41, 5.74) is 10.3. The summed E-state index contributed by atoms with van der Waals surface area (Å²) in [5.74, 6) is 0.560. The summed E-state index contributed by atoms with van der Waals surface area (Å²) in [6.07, 6.45) is 16.7. The highest BCUT2D eigenvalue weighted by atomic mass is 32.1. The van der Waals surface area contributed by atoms with E-state index in [1.54, 1.807) is 12.5 Å². The van der Waals surface area contributed by atoms with Crippen molar-refractivity contribution in [3.63, 3.8) is 0 Å². The van der Waals surface area contributed by atoms with Crippen LogP contribution in [0.5, 0.6) is 0 Å². The molecule has 3 aromatic heterocycles. The SMILES string of the molecule is C1=CC=CCC=C1.Cc1nc2sc(-c3ncco3)c(N)c2c(C)c1C. The zero-order chi connectivity index (χ0) is 17.8. The van der Waals surface area contributed by atoms with Crippen LogP contribution >= 0.6 is 11.3 Å². The summed E-state index contributed by atoms with van der Waals surface area (Å²) in [6.45, 7) is 6.16. The molecule has 3 heterocycles. The van der Waals surface area contributed by atoms with Crippen molar-refractivity contribution >= 4 is 27.2 Å². The lowest BCUT2D eigenvalue weighted by Crippen LogP contribution is -1.93. The van der Waals surface area contributed by atoms with E-state index >= 15 is 0 Å². The van der Waals surface area contributed by atoms with Crippen molar-refractivity contribution in [1.29, 1.82) is 0 Å². The predicted molar refractivity (Wildman–Crippen MR) is 106 cm³/mol. The Hall–Kier alpha value is -2.66. The van der Waals surface area contributed by atoms with E-state index in [0.29, 0.717) is 11.6 Å². The maximum Gasteiger partial charge on any atom is 0.238 e. The fourth-order valence-electron chi connectivity index (χ4n) is 2.58. The second-order valence-electron chi connectivity index (χ2n) is 5.79. The minimum Gasteiger partial charge on any atom is -0.444 e. The maximum atomic E-state index is 6.22. The minimum absolute atomic E-state index is 0.560. The summed E-state index contributed by atoms with van der Waals surface area (Å²) in [5, 5.41) is 1.02. The van der Waals surface area contributed by atoms with E-state index in [1.165, 1.54) is 22.5 Å². The molecule has 1 aliphatic carbocycles. The Morgan fingerprint density at radius 2 is 1.76 bits per heavy atom. The smallest absolute Gasteiger partial charge is 0.238 e. The number of allylic oxidation sites excluding steroid dienone is 6. The lowest BCUT2D eigenvalue weighted by molar-refractivity contribution is 0.576. The molecular formula is C20H21N3OS. The highest BCUT2D eigenvalue weighted by molar-refractivity contribution is 7.22. The van der Waals surface area contributed by atoms with E-state index in [2.05, 4.69) is 48.1 Å². The first kappa shape index (κ1) is 17.2. The number of aromatic nitrogens is 2. The molecule has 0 atom stereocenters. The third kappa shape index (κ3) is 3.56. The van der Waals surface area contributed by atoms with Crippen LogP contribution in [0, 0.1) is 20.8 Å². The largest absolute Gasteiger partial charge is 0.444 e. The molecule has 0 aromatic carbocycles. The van der Waals surface area contributed by atoms with Gasteiger partial charge in [-0.3, -0.25) is 0 Å². The summed E-state index contributed by atoms with van der Waals surface area (Å²) in [4.78, 5) is 10.6. The number of fused-ring (bicyclic) bond motifs is 1. The van der Waals surface area contributed by atoms with Gasteiger partial charge in [0, 0.05) is 11.1 Å². The van der Waals surface area contributed by atoms with Crippen molar-refractivity contribution in [2.24, 2.45) is 0 Å². The van der Waals surface area contributed by atoms with Crippen molar-refractivity contribution in [3.8, 4) is 10.8 Å². The molecule has 0 amide bonds. The number of hydrogen-bond acceptors (Lipinski definition) is 5. The number of anilines is 1. The average molecular weight is 351 g/mol. The fourth-order valence-corrected chi connectivity index (χ4v) is 3.72. The van der Waals surface area contributed by atoms with Crippen LogP contribution in [-0.2, 0) is 0 Å². The van der Waals surface area contributed by atoms with Crippen LogP contribution in [0.2, 0.25) is 0 Å². The summed E-state index contributed by atoms with van der Waals surface area (Å²) < 4.78 is 5.32. The summed E-state index contributed by atoms with van der Waals surface area (Å²) in [6, 6.07) is 0. The topological polar surface area (TPSA) is 64.9 Å². The lowest BCUT2D eigenvalue weighted by Gasteiger charge is -2.05. The number of rotatable bonds is 1. The first-order chi connectivity index (χ1) is 12.1. The van der Waals surface area contributed by atoms with Crippen molar-refractivity contribution in [2.75, 3.05) is 5.73 Å². The first-order valence-corrected chi connectivity index (χ1v) is 8.95. The van der Waals surface area contributed by atoms with Gasteiger partial charge < -0.3 is 10.2 Å². The molecule has 0 saturated carbocycles. The number of nitrogens with zero attached hydrogens (tertiary/aromatic N) is 2.